The predicted octanol–water partition coefficient (Wildman–Crippen LogP) is 1.62. The second-order valence-electron chi connectivity index (χ2n) is 5.44. The summed E-state index contributed by atoms with van der Waals surface area (Å²) >= 11 is 0. The van der Waals surface area contributed by atoms with Crippen LogP contribution in [0.1, 0.15) is 22.8 Å². The van der Waals surface area contributed by atoms with Crippen molar-refractivity contribution in [3.05, 3.63) is 35.4 Å². The van der Waals surface area contributed by atoms with E-state index in [-0.39, 0.29) is 5.60 Å². The molecule has 0 bridgehead atoms. The van der Waals surface area contributed by atoms with Crippen LogP contribution in [0.5, 0.6) is 0 Å². The molecule has 0 aliphatic carbocycles. The first-order valence-corrected chi connectivity index (χ1v) is 6.70. The van der Waals surface area contributed by atoms with Crippen molar-refractivity contribution in [1.29, 1.82) is 0 Å². The quantitative estimate of drug-likeness (QED) is 0.887. The van der Waals surface area contributed by atoms with Crippen molar-refractivity contribution >= 4 is 5.97 Å². The molecule has 5 nitrogen and oxygen atoms in total. The van der Waals surface area contributed by atoms with Crippen LogP contribution in [-0.4, -0.2) is 55.0 Å². The molecule has 0 aromatic heterocycles. The summed E-state index contributed by atoms with van der Waals surface area (Å²) in [5, 5.41) is 8.88. The molecule has 2 rings (SSSR count). The van der Waals surface area contributed by atoms with Gasteiger partial charge >= 0.3 is 5.97 Å². The lowest BCUT2D eigenvalue weighted by Crippen LogP contribution is -2.52. The largest absolute Gasteiger partial charge is 0.478 e. The fourth-order valence-electron chi connectivity index (χ4n) is 2.56. The molecule has 0 amide bonds. The van der Waals surface area contributed by atoms with E-state index in [0.717, 1.165) is 25.2 Å². The molecule has 1 aromatic rings. The SMILES string of the molecule is COCC1(C)CN(Cc2ccc(C(=O)O)cc2)CCO1. The molecule has 1 saturated heterocycles. The van der Waals surface area contributed by atoms with Gasteiger partial charge in [-0.25, -0.2) is 4.79 Å². The number of benzene rings is 1. The standard InChI is InChI=1S/C15H21NO4/c1-15(11-19-2)10-16(7-8-20-15)9-12-3-5-13(6-4-12)14(17)18/h3-6H,7-11H2,1-2H3,(H,17,18). The number of aromatic carboxylic acids is 1. The van der Waals surface area contributed by atoms with Gasteiger partial charge in [-0.15, -0.1) is 0 Å². The van der Waals surface area contributed by atoms with Crippen molar-refractivity contribution < 1.29 is 19.4 Å². The van der Waals surface area contributed by atoms with Gasteiger partial charge in [-0.3, -0.25) is 4.90 Å². The van der Waals surface area contributed by atoms with E-state index in [1.165, 1.54) is 0 Å². The fraction of sp³-hybridized carbons (Fsp3) is 0.533. The number of ether oxygens (including phenoxy) is 2. The van der Waals surface area contributed by atoms with Gasteiger partial charge in [0.1, 0.15) is 5.60 Å². The lowest BCUT2D eigenvalue weighted by molar-refractivity contribution is -0.129. The zero-order valence-corrected chi connectivity index (χ0v) is 12.0. The van der Waals surface area contributed by atoms with Crippen LogP contribution in [0.4, 0.5) is 0 Å². The van der Waals surface area contributed by atoms with E-state index in [1.54, 1.807) is 19.2 Å². The minimum Gasteiger partial charge on any atom is -0.478 e. The van der Waals surface area contributed by atoms with Gasteiger partial charge in [-0.05, 0) is 24.6 Å². The summed E-state index contributed by atoms with van der Waals surface area (Å²) in [6.07, 6.45) is 0. The molecule has 5 heteroatoms. The van der Waals surface area contributed by atoms with E-state index in [4.69, 9.17) is 14.6 Å². The van der Waals surface area contributed by atoms with Gasteiger partial charge in [-0.1, -0.05) is 12.1 Å². The van der Waals surface area contributed by atoms with Crippen LogP contribution in [-0.2, 0) is 16.0 Å². The van der Waals surface area contributed by atoms with Gasteiger partial charge < -0.3 is 14.6 Å². The third-order valence-corrected chi connectivity index (χ3v) is 3.47. The number of morpholine rings is 1. The molecule has 1 fully saturated rings. The van der Waals surface area contributed by atoms with Gasteiger partial charge in [0, 0.05) is 26.7 Å². The van der Waals surface area contributed by atoms with E-state index in [2.05, 4.69) is 11.8 Å². The van der Waals surface area contributed by atoms with Gasteiger partial charge in [0.15, 0.2) is 0 Å². The van der Waals surface area contributed by atoms with Crippen LogP contribution in [0.3, 0.4) is 0 Å². The Morgan fingerprint density at radius 1 is 1.45 bits per heavy atom. The second-order valence-corrected chi connectivity index (χ2v) is 5.44. The number of hydrogen-bond donors (Lipinski definition) is 1. The van der Waals surface area contributed by atoms with E-state index >= 15 is 0 Å². The lowest BCUT2D eigenvalue weighted by atomic mass is 10.0. The van der Waals surface area contributed by atoms with Crippen LogP contribution in [0, 0.1) is 0 Å². The number of carboxylic acids is 1. The Bertz CT molecular complexity index is 455. The number of methoxy groups -OCH3 is 1. The Balaban J connectivity index is 1.97. The maximum atomic E-state index is 10.8. The van der Waals surface area contributed by atoms with Crippen LogP contribution < -0.4 is 0 Å². The maximum Gasteiger partial charge on any atom is 0.335 e. The fourth-order valence-corrected chi connectivity index (χ4v) is 2.56. The summed E-state index contributed by atoms with van der Waals surface area (Å²) < 4.78 is 11.0. The molecule has 110 valence electrons. The zero-order valence-electron chi connectivity index (χ0n) is 12.0. The molecular weight excluding hydrogens is 258 g/mol. The third-order valence-electron chi connectivity index (χ3n) is 3.47. The molecule has 1 unspecified atom stereocenters. The molecule has 20 heavy (non-hydrogen) atoms. The van der Waals surface area contributed by atoms with E-state index < -0.39 is 5.97 Å². The first-order valence-electron chi connectivity index (χ1n) is 6.70. The summed E-state index contributed by atoms with van der Waals surface area (Å²) in [5.74, 6) is -0.893. The van der Waals surface area contributed by atoms with E-state index in [0.29, 0.717) is 18.8 Å². The highest BCUT2D eigenvalue weighted by Crippen LogP contribution is 2.19. The molecule has 1 N–H and O–H groups in total. The van der Waals surface area contributed by atoms with Gasteiger partial charge in [0.05, 0.1) is 18.8 Å². The van der Waals surface area contributed by atoms with Crippen molar-refractivity contribution in [2.75, 3.05) is 33.4 Å². The molecule has 1 aromatic carbocycles. The Labute approximate surface area is 119 Å². The summed E-state index contributed by atoms with van der Waals surface area (Å²) in [6.45, 7) is 5.79. The molecule has 0 saturated carbocycles. The lowest BCUT2D eigenvalue weighted by Gasteiger charge is -2.40. The topological polar surface area (TPSA) is 59.0 Å². The van der Waals surface area contributed by atoms with E-state index in [1.807, 2.05) is 12.1 Å². The molecule has 0 radical (unpaired) electrons. The van der Waals surface area contributed by atoms with Crippen molar-refractivity contribution in [2.24, 2.45) is 0 Å². The maximum absolute atomic E-state index is 10.8. The summed E-state index contributed by atoms with van der Waals surface area (Å²) in [5.41, 5.74) is 1.16. The monoisotopic (exact) mass is 279 g/mol. The predicted molar refractivity (Wildman–Crippen MR) is 74.9 cm³/mol. The van der Waals surface area contributed by atoms with Gasteiger partial charge in [0.25, 0.3) is 0 Å². The highest BCUT2D eigenvalue weighted by Gasteiger charge is 2.31. The highest BCUT2D eigenvalue weighted by atomic mass is 16.5. The normalized spacial score (nSPS) is 23.7. The third kappa shape index (κ3) is 3.79. The van der Waals surface area contributed by atoms with Crippen molar-refractivity contribution in [3.8, 4) is 0 Å². The van der Waals surface area contributed by atoms with Gasteiger partial charge in [-0.2, -0.15) is 0 Å². The zero-order chi connectivity index (χ0) is 14.6. The minimum atomic E-state index is -0.893. The summed E-state index contributed by atoms with van der Waals surface area (Å²) in [4.78, 5) is 13.1. The first-order chi connectivity index (χ1) is 9.52. The summed E-state index contributed by atoms with van der Waals surface area (Å²) in [7, 11) is 1.68. The second kappa shape index (κ2) is 6.35. The molecular formula is C15H21NO4. The van der Waals surface area contributed by atoms with Crippen LogP contribution in [0.15, 0.2) is 24.3 Å². The molecule has 0 spiro atoms. The van der Waals surface area contributed by atoms with Crippen molar-refractivity contribution in [1.82, 2.24) is 4.90 Å². The Hall–Kier alpha value is -1.43. The van der Waals surface area contributed by atoms with Crippen LogP contribution >= 0.6 is 0 Å². The number of rotatable bonds is 5. The number of carbonyl (C=O) groups is 1. The van der Waals surface area contributed by atoms with Gasteiger partial charge in [0.2, 0.25) is 0 Å². The van der Waals surface area contributed by atoms with Crippen molar-refractivity contribution in [3.63, 3.8) is 0 Å². The Kier molecular flexibility index (Phi) is 4.75. The molecule has 1 aliphatic heterocycles. The Morgan fingerprint density at radius 2 is 2.15 bits per heavy atom. The van der Waals surface area contributed by atoms with Crippen LogP contribution in [0.2, 0.25) is 0 Å². The van der Waals surface area contributed by atoms with Crippen molar-refractivity contribution in [2.45, 2.75) is 19.1 Å². The smallest absolute Gasteiger partial charge is 0.335 e. The van der Waals surface area contributed by atoms with E-state index in [9.17, 15) is 4.79 Å². The molecule has 1 atom stereocenters. The number of nitrogens with zero attached hydrogens (tertiary/aromatic N) is 1. The average molecular weight is 279 g/mol. The molecule has 1 aliphatic rings. The first kappa shape index (κ1) is 15.0. The molecule has 1 heterocycles. The Morgan fingerprint density at radius 3 is 2.75 bits per heavy atom. The number of carboxylic acid groups (broad SMARTS) is 1. The number of hydrogen-bond acceptors (Lipinski definition) is 4. The summed E-state index contributed by atoms with van der Waals surface area (Å²) in [6, 6.07) is 7.03. The highest BCUT2D eigenvalue weighted by molar-refractivity contribution is 5.87. The minimum absolute atomic E-state index is 0.270. The van der Waals surface area contributed by atoms with Crippen LogP contribution in [0.25, 0.3) is 0 Å². The average Bonchev–Trinajstić information content (AvgIpc) is 2.39.